The van der Waals surface area contributed by atoms with Gasteiger partial charge in [-0.3, -0.25) is 10.1 Å². The fourth-order valence-corrected chi connectivity index (χ4v) is 2.09. The van der Waals surface area contributed by atoms with Gasteiger partial charge in [-0.1, -0.05) is 0 Å². The van der Waals surface area contributed by atoms with E-state index in [1.54, 1.807) is 0 Å². The van der Waals surface area contributed by atoms with Gasteiger partial charge in [0.2, 0.25) is 0 Å². The molecular formula is C4ClF6NO2S2. The molecule has 0 saturated heterocycles. The molecule has 0 fully saturated rings. The van der Waals surface area contributed by atoms with E-state index in [0.717, 1.165) is 0 Å². The van der Waals surface area contributed by atoms with Crippen molar-refractivity contribution in [2.24, 2.45) is 0 Å². The van der Waals surface area contributed by atoms with Gasteiger partial charge in [0.15, 0.2) is 0 Å². The molecule has 0 radical (unpaired) electrons. The van der Waals surface area contributed by atoms with Crippen LogP contribution in [0.3, 0.4) is 0 Å². The van der Waals surface area contributed by atoms with Crippen LogP contribution in [0.4, 0.5) is 26.3 Å². The van der Waals surface area contributed by atoms with Crippen LogP contribution in [0.1, 0.15) is 0 Å². The largest absolute Gasteiger partial charge is 0.447 e. The summed E-state index contributed by atoms with van der Waals surface area (Å²) in [5.41, 5.74) is -10.2. The molecule has 0 rings (SSSR count). The molecule has 0 aliphatic heterocycles. The first-order chi connectivity index (χ1) is 6.92. The Morgan fingerprint density at radius 3 is 1.56 bits per heavy atom. The molecule has 0 saturated carbocycles. The third-order valence-electron chi connectivity index (χ3n) is 0.746. The molecular weight excluding hydrogens is 308 g/mol. The number of halogens is 7. The van der Waals surface area contributed by atoms with Crippen LogP contribution in [0.5, 0.6) is 0 Å². The maximum absolute atomic E-state index is 11.8. The van der Waals surface area contributed by atoms with E-state index in [2.05, 4.69) is 0 Å². The first-order valence-electron chi connectivity index (χ1n) is 2.98. The molecule has 0 aromatic rings. The van der Waals surface area contributed by atoms with Gasteiger partial charge in [-0.2, -0.15) is 26.3 Å². The highest BCUT2D eigenvalue weighted by molar-refractivity contribution is 8.23. The monoisotopic (exact) mass is 307 g/mol. The topological polar surface area (TPSA) is 43.1 Å². The highest BCUT2D eigenvalue weighted by atomic mass is 35.5. The standard InChI is InChI=1S/C4ClF6NO2S2/c5-1(12(13)14)2(15-3(6,7)8)16-4(9,10)11. The van der Waals surface area contributed by atoms with Gasteiger partial charge >= 0.3 is 16.2 Å². The fraction of sp³-hybridized carbons (Fsp3) is 0.500. The molecule has 0 aromatic heterocycles. The number of hydrogen-bond donors (Lipinski definition) is 0. The van der Waals surface area contributed by atoms with Crippen LogP contribution >= 0.6 is 35.1 Å². The van der Waals surface area contributed by atoms with Gasteiger partial charge in [0, 0.05) is 23.5 Å². The summed E-state index contributed by atoms with van der Waals surface area (Å²) < 4.78 is 69.0. The molecule has 0 amide bonds. The van der Waals surface area contributed by atoms with E-state index in [-0.39, 0.29) is 0 Å². The highest BCUT2D eigenvalue weighted by Crippen LogP contribution is 2.49. The average molecular weight is 308 g/mol. The summed E-state index contributed by atoms with van der Waals surface area (Å²) in [5, 5.41) is 8.25. The van der Waals surface area contributed by atoms with Crippen molar-refractivity contribution < 1.29 is 31.3 Å². The molecule has 0 N–H and O–H groups in total. The Morgan fingerprint density at radius 1 is 1.06 bits per heavy atom. The molecule has 12 heteroatoms. The zero-order valence-electron chi connectivity index (χ0n) is 6.73. The molecule has 94 valence electrons. The van der Waals surface area contributed by atoms with Crippen LogP contribution in [0, 0.1) is 10.1 Å². The van der Waals surface area contributed by atoms with Crippen molar-refractivity contribution in [3.8, 4) is 0 Å². The summed E-state index contributed by atoms with van der Waals surface area (Å²) in [5.74, 6) is 0. The van der Waals surface area contributed by atoms with Gasteiger partial charge in [-0.25, -0.2) is 0 Å². The number of rotatable bonds is 3. The van der Waals surface area contributed by atoms with Crippen molar-refractivity contribution in [2.75, 3.05) is 0 Å². The Hall–Kier alpha value is -0.290. The lowest BCUT2D eigenvalue weighted by molar-refractivity contribution is -0.412. The first-order valence-corrected chi connectivity index (χ1v) is 4.99. The number of thioether (sulfide) groups is 2. The number of nitro groups is 1. The van der Waals surface area contributed by atoms with Gasteiger partial charge in [-0.05, 0) is 11.6 Å². The van der Waals surface area contributed by atoms with Crippen LogP contribution in [-0.4, -0.2) is 15.9 Å². The minimum atomic E-state index is -5.09. The molecule has 0 unspecified atom stereocenters. The van der Waals surface area contributed by atoms with Crippen LogP contribution in [0.2, 0.25) is 0 Å². The minimum Gasteiger partial charge on any atom is -0.257 e. The number of nitrogens with zero attached hydrogens (tertiary/aromatic N) is 1. The van der Waals surface area contributed by atoms with Gasteiger partial charge in [0.25, 0.3) is 0 Å². The lowest BCUT2D eigenvalue weighted by Gasteiger charge is -2.09. The average Bonchev–Trinajstić information content (AvgIpc) is 1.95. The van der Waals surface area contributed by atoms with Gasteiger partial charge in [-0.15, -0.1) is 0 Å². The quantitative estimate of drug-likeness (QED) is 0.340. The van der Waals surface area contributed by atoms with Gasteiger partial charge in [0.1, 0.15) is 4.24 Å². The summed E-state index contributed by atoms with van der Waals surface area (Å²) in [7, 11) is 0. The number of hydrogen-bond acceptors (Lipinski definition) is 4. The third-order valence-corrected chi connectivity index (χ3v) is 3.02. The van der Waals surface area contributed by atoms with Crippen molar-refractivity contribution in [2.45, 2.75) is 11.0 Å². The third kappa shape index (κ3) is 7.06. The van der Waals surface area contributed by atoms with E-state index in [4.69, 9.17) is 11.6 Å². The Morgan fingerprint density at radius 2 is 1.38 bits per heavy atom. The molecule has 0 heterocycles. The maximum atomic E-state index is 11.8. The lowest BCUT2D eigenvalue weighted by Crippen LogP contribution is -2.07. The van der Waals surface area contributed by atoms with Crippen LogP contribution in [0.25, 0.3) is 0 Å². The van der Waals surface area contributed by atoms with Crippen molar-refractivity contribution in [1.82, 2.24) is 0 Å². The maximum Gasteiger partial charge on any atom is 0.447 e. The lowest BCUT2D eigenvalue weighted by atomic mass is 11.0. The second-order valence-electron chi connectivity index (χ2n) is 1.93. The first kappa shape index (κ1) is 15.7. The van der Waals surface area contributed by atoms with E-state index in [9.17, 15) is 36.5 Å². The fourth-order valence-electron chi connectivity index (χ4n) is 0.390. The predicted molar refractivity (Wildman–Crippen MR) is 47.2 cm³/mol. The van der Waals surface area contributed by atoms with E-state index < -0.39 is 48.9 Å². The molecule has 3 nitrogen and oxygen atoms in total. The van der Waals surface area contributed by atoms with Crippen LogP contribution in [-0.2, 0) is 0 Å². The molecule has 0 bridgehead atoms. The summed E-state index contributed by atoms with van der Waals surface area (Å²) in [6.07, 6.45) is 0. The Bertz CT molecular complexity index is 295. The summed E-state index contributed by atoms with van der Waals surface area (Å²) in [4.78, 5) is 8.43. The highest BCUT2D eigenvalue weighted by Gasteiger charge is 2.41. The van der Waals surface area contributed by atoms with Crippen molar-refractivity contribution >= 4 is 35.1 Å². The zero-order chi connectivity index (χ0) is 13.1. The molecule has 16 heavy (non-hydrogen) atoms. The van der Waals surface area contributed by atoms with E-state index in [0.29, 0.717) is 0 Å². The number of alkyl halides is 6. The molecule has 0 aliphatic rings. The zero-order valence-corrected chi connectivity index (χ0v) is 9.11. The summed E-state index contributed by atoms with van der Waals surface area (Å²) in [6, 6.07) is 0. The molecule has 0 aliphatic carbocycles. The van der Waals surface area contributed by atoms with E-state index in [1.165, 1.54) is 0 Å². The van der Waals surface area contributed by atoms with Gasteiger partial charge < -0.3 is 0 Å². The van der Waals surface area contributed by atoms with Gasteiger partial charge in [0.05, 0.1) is 4.92 Å². The second kappa shape index (κ2) is 5.36. The normalized spacial score (nSPS) is 12.4. The second-order valence-corrected chi connectivity index (χ2v) is 4.70. The molecule has 0 atom stereocenters. The molecule has 0 aromatic carbocycles. The smallest absolute Gasteiger partial charge is 0.257 e. The van der Waals surface area contributed by atoms with Crippen LogP contribution < -0.4 is 0 Å². The Labute approximate surface area is 97.3 Å². The Kier molecular flexibility index (Phi) is 5.26. The van der Waals surface area contributed by atoms with Crippen molar-refractivity contribution in [1.29, 1.82) is 0 Å². The molecule has 0 spiro atoms. The van der Waals surface area contributed by atoms with E-state index >= 15 is 0 Å². The van der Waals surface area contributed by atoms with Crippen molar-refractivity contribution in [3.63, 3.8) is 0 Å². The Balaban J connectivity index is 5.08. The SMILES string of the molecule is O=[N+]([O-])C(Cl)=C(SC(F)(F)F)SC(F)(F)F. The van der Waals surface area contributed by atoms with Crippen molar-refractivity contribution in [3.05, 3.63) is 19.5 Å². The summed E-state index contributed by atoms with van der Waals surface area (Å²) in [6.45, 7) is 0. The summed E-state index contributed by atoms with van der Waals surface area (Å²) >= 11 is 2.16. The predicted octanol–water partition coefficient (Wildman–Crippen LogP) is 4.13. The van der Waals surface area contributed by atoms with Crippen LogP contribution in [0.15, 0.2) is 9.39 Å². The van der Waals surface area contributed by atoms with E-state index in [1.807, 2.05) is 0 Å². The minimum absolute atomic E-state index is 1.29.